The molecule has 1 heterocycles. The van der Waals surface area contributed by atoms with Gasteiger partial charge in [-0.15, -0.1) is 0 Å². The van der Waals surface area contributed by atoms with E-state index >= 15 is 0 Å². The maximum Gasteiger partial charge on any atom is 0.243 e. The number of rotatable bonds is 8. The predicted octanol–water partition coefficient (Wildman–Crippen LogP) is 3.06. The molecular weight excluding hydrogens is 398 g/mol. The lowest BCUT2D eigenvalue weighted by Crippen LogP contribution is -2.47. The van der Waals surface area contributed by atoms with E-state index in [1.54, 1.807) is 25.1 Å². The molecule has 1 N–H and O–H groups in total. The molecular formula is C23H31N3O3S. The minimum atomic E-state index is -3.62. The average molecular weight is 430 g/mol. The summed E-state index contributed by atoms with van der Waals surface area (Å²) in [6.45, 7) is 6.98. The number of anilines is 1. The molecule has 0 saturated carbocycles. The van der Waals surface area contributed by atoms with Gasteiger partial charge in [0.15, 0.2) is 0 Å². The molecule has 2 aromatic carbocycles. The van der Waals surface area contributed by atoms with Gasteiger partial charge in [-0.1, -0.05) is 36.4 Å². The number of hydrogen-bond donors (Lipinski definition) is 1. The molecule has 1 atom stereocenters. The van der Waals surface area contributed by atoms with Crippen molar-refractivity contribution in [1.29, 1.82) is 0 Å². The molecule has 2 aromatic rings. The average Bonchev–Trinajstić information content (AvgIpc) is 3.19. The first-order chi connectivity index (χ1) is 14.3. The molecule has 0 unspecified atom stereocenters. The lowest BCUT2D eigenvalue weighted by Gasteiger charge is -2.28. The van der Waals surface area contributed by atoms with Crippen molar-refractivity contribution < 1.29 is 13.2 Å². The molecule has 1 fully saturated rings. The first-order valence-electron chi connectivity index (χ1n) is 10.4. The van der Waals surface area contributed by atoms with Gasteiger partial charge in [0.05, 0.1) is 11.9 Å². The van der Waals surface area contributed by atoms with Crippen molar-refractivity contribution >= 4 is 21.6 Å². The summed E-state index contributed by atoms with van der Waals surface area (Å²) >= 11 is 0. The van der Waals surface area contributed by atoms with Gasteiger partial charge in [0.2, 0.25) is 15.9 Å². The normalized spacial score (nSPS) is 15.7. The first-order valence-corrected chi connectivity index (χ1v) is 12.2. The van der Waals surface area contributed by atoms with Crippen molar-refractivity contribution in [3.63, 3.8) is 0 Å². The predicted molar refractivity (Wildman–Crippen MR) is 121 cm³/mol. The molecule has 6 nitrogen and oxygen atoms in total. The van der Waals surface area contributed by atoms with E-state index in [2.05, 4.69) is 16.3 Å². The fourth-order valence-corrected chi connectivity index (χ4v) is 5.14. The van der Waals surface area contributed by atoms with Crippen molar-refractivity contribution in [1.82, 2.24) is 10.2 Å². The highest BCUT2D eigenvalue weighted by molar-refractivity contribution is 7.92. The molecule has 1 aliphatic rings. The minimum Gasteiger partial charge on any atom is -0.350 e. The topological polar surface area (TPSA) is 69.7 Å². The van der Waals surface area contributed by atoms with E-state index in [9.17, 15) is 13.2 Å². The molecule has 0 spiro atoms. The summed E-state index contributed by atoms with van der Waals surface area (Å²) in [5.41, 5.74) is 3.69. The highest BCUT2D eigenvalue weighted by atomic mass is 32.2. The molecule has 3 rings (SSSR count). The van der Waals surface area contributed by atoms with Gasteiger partial charge in [0.25, 0.3) is 0 Å². The Bertz CT molecular complexity index is 985. The van der Waals surface area contributed by atoms with E-state index in [0.717, 1.165) is 37.0 Å². The van der Waals surface area contributed by atoms with Gasteiger partial charge < -0.3 is 5.32 Å². The molecule has 7 heteroatoms. The summed E-state index contributed by atoms with van der Waals surface area (Å²) in [6.07, 6.45) is 3.60. The first kappa shape index (κ1) is 22.3. The summed E-state index contributed by atoms with van der Waals surface area (Å²) in [4.78, 5) is 15.3. The second-order valence-electron chi connectivity index (χ2n) is 8.04. The number of benzene rings is 2. The van der Waals surface area contributed by atoms with Crippen molar-refractivity contribution in [2.45, 2.75) is 45.8 Å². The van der Waals surface area contributed by atoms with Crippen LogP contribution in [0.5, 0.6) is 0 Å². The van der Waals surface area contributed by atoms with Gasteiger partial charge in [-0.3, -0.25) is 14.0 Å². The summed E-state index contributed by atoms with van der Waals surface area (Å²) in [5.74, 6) is -0.321. The fraction of sp³-hybridized carbons (Fsp3) is 0.435. The molecule has 0 radical (unpaired) electrons. The maximum atomic E-state index is 12.9. The van der Waals surface area contributed by atoms with Gasteiger partial charge in [-0.05, 0) is 68.6 Å². The Balaban J connectivity index is 1.72. The number of nitrogens with zero attached hydrogens (tertiary/aromatic N) is 2. The molecule has 0 aliphatic carbocycles. The molecule has 30 heavy (non-hydrogen) atoms. The smallest absolute Gasteiger partial charge is 0.243 e. The third-order valence-electron chi connectivity index (χ3n) is 5.51. The van der Waals surface area contributed by atoms with Gasteiger partial charge in [-0.2, -0.15) is 0 Å². The van der Waals surface area contributed by atoms with Gasteiger partial charge in [0.1, 0.15) is 6.04 Å². The molecule has 1 aliphatic heterocycles. The number of sulfonamides is 1. The van der Waals surface area contributed by atoms with E-state index in [1.165, 1.54) is 22.7 Å². The zero-order valence-electron chi connectivity index (χ0n) is 18.0. The molecule has 1 amide bonds. The third-order valence-corrected chi connectivity index (χ3v) is 6.75. The van der Waals surface area contributed by atoms with E-state index in [0.29, 0.717) is 12.2 Å². The van der Waals surface area contributed by atoms with Crippen LogP contribution in [0.2, 0.25) is 0 Å². The van der Waals surface area contributed by atoms with Crippen molar-refractivity contribution in [2.24, 2.45) is 0 Å². The van der Waals surface area contributed by atoms with Crippen LogP contribution in [0, 0.1) is 6.92 Å². The van der Waals surface area contributed by atoms with Crippen LogP contribution in [0.25, 0.3) is 0 Å². The second kappa shape index (κ2) is 9.62. The number of carbonyl (C=O) groups excluding carboxylic acids is 1. The minimum absolute atomic E-state index is 0.321. The Morgan fingerprint density at radius 3 is 2.40 bits per heavy atom. The second-order valence-corrected chi connectivity index (χ2v) is 9.90. The highest BCUT2D eigenvalue weighted by Crippen LogP contribution is 2.22. The lowest BCUT2D eigenvalue weighted by molar-refractivity contribution is -0.122. The van der Waals surface area contributed by atoms with Crippen LogP contribution in [-0.4, -0.2) is 44.6 Å². The number of aryl methyl sites for hydroxylation is 1. The molecule has 1 saturated heterocycles. The lowest BCUT2D eigenvalue weighted by atomic mass is 10.1. The standard InChI is InChI=1S/C23H31N3O3S/c1-18-9-8-12-22(15-18)26(30(3,28)29)19(2)23(27)24-16-20-10-4-5-11-21(20)17-25-13-6-7-14-25/h4-5,8-12,15,19H,6-7,13-14,16-17H2,1-3H3,(H,24,27)/t19-/m0/s1. The molecule has 0 bridgehead atoms. The maximum absolute atomic E-state index is 12.9. The highest BCUT2D eigenvalue weighted by Gasteiger charge is 2.29. The number of amides is 1. The zero-order valence-corrected chi connectivity index (χ0v) is 18.8. The van der Waals surface area contributed by atoms with Crippen molar-refractivity contribution in [3.8, 4) is 0 Å². The molecule has 0 aromatic heterocycles. The van der Waals surface area contributed by atoms with E-state index in [4.69, 9.17) is 0 Å². The summed E-state index contributed by atoms with van der Waals surface area (Å²) in [7, 11) is -3.62. The van der Waals surface area contributed by atoms with E-state index in [-0.39, 0.29) is 5.91 Å². The third kappa shape index (κ3) is 5.61. The summed E-state index contributed by atoms with van der Waals surface area (Å²) in [6, 6.07) is 14.4. The van der Waals surface area contributed by atoms with Crippen LogP contribution >= 0.6 is 0 Å². The number of likely N-dealkylation sites (tertiary alicyclic amines) is 1. The summed E-state index contributed by atoms with van der Waals surface area (Å²) < 4.78 is 26.1. The largest absolute Gasteiger partial charge is 0.350 e. The van der Waals surface area contributed by atoms with Gasteiger partial charge >= 0.3 is 0 Å². The fourth-order valence-electron chi connectivity index (χ4n) is 3.97. The number of carbonyl (C=O) groups is 1. The Kier molecular flexibility index (Phi) is 7.15. The van der Waals surface area contributed by atoms with Crippen molar-refractivity contribution in [3.05, 3.63) is 65.2 Å². The van der Waals surface area contributed by atoms with Crippen LogP contribution in [0.3, 0.4) is 0 Å². The van der Waals surface area contributed by atoms with Crippen LogP contribution in [-0.2, 0) is 27.9 Å². The Hall–Kier alpha value is -2.38. The SMILES string of the molecule is Cc1cccc(N([C@@H](C)C(=O)NCc2ccccc2CN2CCCC2)S(C)(=O)=O)c1. The Morgan fingerprint density at radius 2 is 1.77 bits per heavy atom. The Labute approximate surface area is 179 Å². The van der Waals surface area contributed by atoms with E-state index in [1.807, 2.05) is 31.2 Å². The monoisotopic (exact) mass is 429 g/mol. The van der Waals surface area contributed by atoms with Crippen LogP contribution in [0.1, 0.15) is 36.5 Å². The van der Waals surface area contributed by atoms with Gasteiger partial charge in [0, 0.05) is 13.1 Å². The van der Waals surface area contributed by atoms with Crippen molar-refractivity contribution in [2.75, 3.05) is 23.7 Å². The summed E-state index contributed by atoms with van der Waals surface area (Å²) in [5, 5.41) is 2.94. The Morgan fingerprint density at radius 1 is 1.10 bits per heavy atom. The van der Waals surface area contributed by atoms with Crippen LogP contribution in [0.4, 0.5) is 5.69 Å². The van der Waals surface area contributed by atoms with Crippen LogP contribution in [0.15, 0.2) is 48.5 Å². The van der Waals surface area contributed by atoms with E-state index < -0.39 is 16.1 Å². The number of hydrogen-bond acceptors (Lipinski definition) is 4. The number of nitrogens with one attached hydrogen (secondary N) is 1. The van der Waals surface area contributed by atoms with Crippen LogP contribution < -0.4 is 9.62 Å². The zero-order chi connectivity index (χ0) is 21.7. The van der Waals surface area contributed by atoms with Gasteiger partial charge in [-0.25, -0.2) is 8.42 Å². The molecule has 162 valence electrons. The quantitative estimate of drug-likeness (QED) is 0.700.